The quantitative estimate of drug-likeness (QED) is 0.862. The number of hydrogen-bond donors (Lipinski definition) is 2. The second-order valence-electron chi connectivity index (χ2n) is 4.51. The molecule has 0 fully saturated rings. The molecule has 0 aliphatic carbocycles. The number of hydrogen-bond acceptors (Lipinski definition) is 2. The van der Waals surface area contributed by atoms with E-state index < -0.39 is 23.2 Å². The van der Waals surface area contributed by atoms with Crippen LogP contribution in [-0.4, -0.2) is 11.4 Å². The minimum absolute atomic E-state index is 0.0570. The molecule has 20 heavy (non-hydrogen) atoms. The van der Waals surface area contributed by atoms with Crippen molar-refractivity contribution in [2.24, 2.45) is 5.73 Å². The first kappa shape index (κ1) is 17.0. The summed E-state index contributed by atoms with van der Waals surface area (Å²) in [6.45, 7) is 3.51. The van der Waals surface area contributed by atoms with Gasteiger partial charge in [-0.15, -0.1) is 0 Å². The molecule has 1 amide bonds. The van der Waals surface area contributed by atoms with Gasteiger partial charge in [-0.3, -0.25) is 4.79 Å². The minimum atomic E-state index is -4.46. The third kappa shape index (κ3) is 3.73. The molecule has 0 aliphatic heterocycles. The van der Waals surface area contributed by atoms with Crippen LogP contribution in [0.4, 0.5) is 18.9 Å². The van der Waals surface area contributed by atoms with E-state index in [-0.39, 0.29) is 5.69 Å². The van der Waals surface area contributed by atoms with E-state index in [0.29, 0.717) is 17.3 Å². The molecule has 0 aromatic heterocycles. The molecule has 0 saturated heterocycles. The second-order valence-corrected chi connectivity index (χ2v) is 5.36. The highest BCUT2D eigenvalue weighted by Crippen LogP contribution is 2.34. The Morgan fingerprint density at radius 1 is 1.30 bits per heavy atom. The molecule has 3 nitrogen and oxygen atoms in total. The molecule has 0 radical (unpaired) electrons. The van der Waals surface area contributed by atoms with Gasteiger partial charge in [0.05, 0.1) is 16.8 Å². The lowest BCUT2D eigenvalue weighted by molar-refractivity contribution is -0.137. The van der Waals surface area contributed by atoms with E-state index in [1.54, 1.807) is 13.8 Å². The van der Waals surface area contributed by atoms with Gasteiger partial charge in [0.1, 0.15) is 0 Å². The standard InChI is InChI=1S/C13H16BrF3N2O/c1-3-12(18,4-2)11(20)19-10-7-8(13(15,16)17)5-6-9(10)14/h5-7H,3-4,18H2,1-2H3,(H,19,20). The maximum absolute atomic E-state index is 12.7. The lowest BCUT2D eigenvalue weighted by Crippen LogP contribution is -2.50. The molecule has 0 aliphatic rings. The Balaban J connectivity index is 3.06. The predicted octanol–water partition coefficient (Wildman–Crippen LogP) is 3.92. The van der Waals surface area contributed by atoms with E-state index in [4.69, 9.17) is 5.73 Å². The lowest BCUT2D eigenvalue weighted by Gasteiger charge is -2.25. The fourth-order valence-electron chi connectivity index (χ4n) is 1.62. The first-order valence-corrected chi connectivity index (χ1v) is 6.90. The molecular formula is C13H16BrF3N2O. The first-order valence-electron chi connectivity index (χ1n) is 6.11. The third-order valence-electron chi connectivity index (χ3n) is 3.26. The number of carbonyl (C=O) groups excluding carboxylic acids is 1. The van der Waals surface area contributed by atoms with Crippen LogP contribution >= 0.6 is 15.9 Å². The zero-order chi connectivity index (χ0) is 15.6. The van der Waals surface area contributed by atoms with Crippen LogP contribution in [0, 0.1) is 0 Å². The smallest absolute Gasteiger partial charge is 0.323 e. The molecule has 0 spiro atoms. The summed E-state index contributed by atoms with van der Waals surface area (Å²) < 4.78 is 38.3. The van der Waals surface area contributed by atoms with Crippen molar-refractivity contribution >= 4 is 27.5 Å². The van der Waals surface area contributed by atoms with Crippen molar-refractivity contribution in [2.75, 3.05) is 5.32 Å². The number of nitrogens with one attached hydrogen (secondary N) is 1. The molecule has 1 aromatic carbocycles. The molecule has 3 N–H and O–H groups in total. The topological polar surface area (TPSA) is 55.1 Å². The van der Waals surface area contributed by atoms with Gasteiger partial charge in [-0.2, -0.15) is 13.2 Å². The van der Waals surface area contributed by atoms with Gasteiger partial charge in [0.2, 0.25) is 5.91 Å². The van der Waals surface area contributed by atoms with Crippen molar-refractivity contribution in [3.05, 3.63) is 28.2 Å². The summed E-state index contributed by atoms with van der Waals surface area (Å²) in [6.07, 6.45) is -3.67. The number of alkyl halides is 3. The summed E-state index contributed by atoms with van der Waals surface area (Å²) in [5.41, 5.74) is 4.05. The maximum Gasteiger partial charge on any atom is 0.416 e. The number of anilines is 1. The Morgan fingerprint density at radius 2 is 1.85 bits per heavy atom. The predicted molar refractivity (Wildman–Crippen MR) is 75.3 cm³/mol. The average molecular weight is 353 g/mol. The highest BCUT2D eigenvalue weighted by Gasteiger charge is 2.33. The number of carbonyl (C=O) groups is 1. The summed E-state index contributed by atoms with van der Waals surface area (Å²) >= 11 is 3.11. The monoisotopic (exact) mass is 352 g/mol. The number of halogens is 4. The zero-order valence-corrected chi connectivity index (χ0v) is 12.7. The number of amides is 1. The fourth-order valence-corrected chi connectivity index (χ4v) is 1.96. The molecule has 1 rings (SSSR count). The summed E-state index contributed by atoms with van der Waals surface area (Å²) in [5, 5.41) is 2.45. The SMILES string of the molecule is CCC(N)(CC)C(=O)Nc1cc(C(F)(F)F)ccc1Br. The Kier molecular flexibility index (Phi) is 5.21. The van der Waals surface area contributed by atoms with E-state index in [1.165, 1.54) is 6.07 Å². The van der Waals surface area contributed by atoms with Gasteiger partial charge in [-0.25, -0.2) is 0 Å². The number of rotatable bonds is 4. The molecule has 0 bridgehead atoms. The van der Waals surface area contributed by atoms with Crippen molar-refractivity contribution in [3.8, 4) is 0 Å². The van der Waals surface area contributed by atoms with Gasteiger partial charge in [0.15, 0.2) is 0 Å². The summed E-state index contributed by atoms with van der Waals surface area (Å²) in [6, 6.07) is 3.07. The third-order valence-corrected chi connectivity index (χ3v) is 3.95. The van der Waals surface area contributed by atoms with Crippen LogP contribution in [0.5, 0.6) is 0 Å². The number of nitrogens with two attached hydrogens (primary N) is 1. The van der Waals surface area contributed by atoms with Gasteiger partial charge in [0, 0.05) is 4.47 Å². The van der Waals surface area contributed by atoms with Crippen molar-refractivity contribution in [3.63, 3.8) is 0 Å². The van der Waals surface area contributed by atoms with Crippen LogP contribution in [0.3, 0.4) is 0 Å². The maximum atomic E-state index is 12.7. The van der Waals surface area contributed by atoms with Crippen LogP contribution in [0.2, 0.25) is 0 Å². The summed E-state index contributed by atoms with van der Waals surface area (Å²) in [5.74, 6) is -0.498. The largest absolute Gasteiger partial charge is 0.416 e. The van der Waals surface area contributed by atoms with Crippen molar-refractivity contribution in [2.45, 2.75) is 38.4 Å². The average Bonchev–Trinajstić information content (AvgIpc) is 2.38. The molecule has 0 heterocycles. The highest BCUT2D eigenvalue weighted by molar-refractivity contribution is 9.10. The Hall–Kier alpha value is -1.08. The van der Waals surface area contributed by atoms with E-state index in [9.17, 15) is 18.0 Å². The van der Waals surface area contributed by atoms with Crippen LogP contribution in [0.1, 0.15) is 32.3 Å². The molecule has 7 heteroatoms. The normalized spacial score (nSPS) is 12.3. The van der Waals surface area contributed by atoms with E-state index in [0.717, 1.165) is 12.1 Å². The fraction of sp³-hybridized carbons (Fsp3) is 0.462. The van der Waals surface area contributed by atoms with E-state index >= 15 is 0 Å². The first-order chi connectivity index (χ1) is 9.14. The second kappa shape index (κ2) is 6.13. The summed E-state index contributed by atoms with van der Waals surface area (Å²) in [7, 11) is 0. The van der Waals surface area contributed by atoms with E-state index in [2.05, 4.69) is 21.2 Å². The van der Waals surface area contributed by atoms with Crippen LogP contribution < -0.4 is 11.1 Å². The zero-order valence-electron chi connectivity index (χ0n) is 11.1. The van der Waals surface area contributed by atoms with Crippen molar-refractivity contribution in [1.29, 1.82) is 0 Å². The van der Waals surface area contributed by atoms with Gasteiger partial charge < -0.3 is 11.1 Å². The molecule has 0 unspecified atom stereocenters. The molecule has 0 atom stereocenters. The van der Waals surface area contributed by atoms with Crippen LogP contribution in [-0.2, 0) is 11.0 Å². The minimum Gasteiger partial charge on any atom is -0.323 e. The molecule has 0 saturated carbocycles. The number of benzene rings is 1. The Morgan fingerprint density at radius 3 is 2.30 bits per heavy atom. The van der Waals surface area contributed by atoms with Gasteiger partial charge in [0.25, 0.3) is 0 Å². The van der Waals surface area contributed by atoms with E-state index in [1.807, 2.05) is 0 Å². The summed E-state index contributed by atoms with van der Waals surface area (Å²) in [4.78, 5) is 12.1. The van der Waals surface area contributed by atoms with Gasteiger partial charge >= 0.3 is 6.18 Å². The highest BCUT2D eigenvalue weighted by atomic mass is 79.9. The van der Waals surface area contributed by atoms with Crippen molar-refractivity contribution < 1.29 is 18.0 Å². The molecular weight excluding hydrogens is 337 g/mol. The van der Waals surface area contributed by atoms with Gasteiger partial charge in [-0.1, -0.05) is 13.8 Å². The van der Waals surface area contributed by atoms with Crippen LogP contribution in [0.15, 0.2) is 22.7 Å². The lowest BCUT2D eigenvalue weighted by atomic mass is 9.93. The van der Waals surface area contributed by atoms with Crippen LogP contribution in [0.25, 0.3) is 0 Å². The Bertz CT molecular complexity index is 499. The van der Waals surface area contributed by atoms with Gasteiger partial charge in [-0.05, 0) is 47.0 Å². The molecule has 112 valence electrons. The molecule has 1 aromatic rings. The van der Waals surface area contributed by atoms with Crippen molar-refractivity contribution in [1.82, 2.24) is 0 Å². The Labute approximate surface area is 123 Å².